The molecule has 2 amide bonds. The first-order valence-corrected chi connectivity index (χ1v) is 11.8. The van der Waals surface area contributed by atoms with E-state index in [1.807, 2.05) is 6.92 Å². The van der Waals surface area contributed by atoms with Crippen LogP contribution in [0.25, 0.3) is 0 Å². The Bertz CT molecular complexity index is 806. The molecule has 6 rings (SSSR count). The van der Waals surface area contributed by atoms with Crippen LogP contribution in [-0.2, 0) is 27.3 Å². The minimum Gasteiger partial charge on any atom is -0.380 e. The van der Waals surface area contributed by atoms with E-state index in [1.54, 1.807) is 0 Å². The number of amides is 2. The van der Waals surface area contributed by atoms with Crippen molar-refractivity contribution in [1.29, 1.82) is 0 Å². The van der Waals surface area contributed by atoms with E-state index < -0.39 is 0 Å². The minimum absolute atomic E-state index is 0.117. The summed E-state index contributed by atoms with van der Waals surface area (Å²) < 4.78 is 10.9. The average molecular weight is 419 g/mol. The third kappa shape index (κ3) is 3.31. The van der Waals surface area contributed by atoms with Gasteiger partial charge in [-0.2, -0.15) is 0 Å². The third-order valence-electron chi connectivity index (χ3n) is 7.45. The Morgan fingerprint density at radius 3 is 2.79 bits per heavy atom. The molecule has 7 heteroatoms. The van der Waals surface area contributed by atoms with Crippen molar-refractivity contribution in [3.8, 4) is 0 Å². The van der Waals surface area contributed by atoms with Crippen molar-refractivity contribution in [3.05, 3.63) is 16.0 Å². The van der Waals surface area contributed by atoms with Crippen LogP contribution >= 0.6 is 11.3 Å². The molecule has 0 aromatic carbocycles. The molecule has 2 heterocycles. The Balaban J connectivity index is 1.37. The largest absolute Gasteiger partial charge is 0.380 e. The van der Waals surface area contributed by atoms with Crippen LogP contribution in [0.1, 0.15) is 59.8 Å². The summed E-state index contributed by atoms with van der Waals surface area (Å²) in [4.78, 5) is 27.5. The molecule has 2 N–H and O–H groups in total. The Kier molecular flexibility index (Phi) is 5.16. The lowest BCUT2D eigenvalue weighted by Gasteiger charge is -2.31. The van der Waals surface area contributed by atoms with Gasteiger partial charge in [0.25, 0.3) is 5.91 Å². The van der Waals surface area contributed by atoms with Crippen molar-refractivity contribution >= 4 is 28.2 Å². The molecular formula is C22H30N2O4S. The monoisotopic (exact) mass is 418 g/mol. The summed E-state index contributed by atoms with van der Waals surface area (Å²) in [5.74, 6) is 2.02. The molecule has 0 saturated heterocycles. The van der Waals surface area contributed by atoms with Gasteiger partial charge in [0, 0.05) is 18.0 Å². The van der Waals surface area contributed by atoms with E-state index in [0.29, 0.717) is 55.9 Å². The Morgan fingerprint density at radius 2 is 2.03 bits per heavy atom. The summed E-state index contributed by atoms with van der Waals surface area (Å²) in [5, 5.41) is 6.90. The maximum atomic E-state index is 13.5. The second-order valence-corrected chi connectivity index (χ2v) is 10.2. The number of hydrogen-bond donors (Lipinski definition) is 2. The summed E-state index contributed by atoms with van der Waals surface area (Å²) in [6, 6.07) is 0. The number of ether oxygens (including phenoxy) is 2. The highest BCUT2D eigenvalue weighted by Crippen LogP contribution is 2.65. The fraction of sp³-hybridized carbons (Fsp3) is 0.727. The first-order chi connectivity index (χ1) is 14.1. The lowest BCUT2D eigenvalue weighted by Crippen LogP contribution is -2.38. The van der Waals surface area contributed by atoms with Gasteiger partial charge < -0.3 is 20.1 Å². The van der Waals surface area contributed by atoms with Gasteiger partial charge in [0.15, 0.2) is 0 Å². The number of thiophene rings is 1. The van der Waals surface area contributed by atoms with E-state index in [9.17, 15) is 9.59 Å². The zero-order valence-electron chi connectivity index (χ0n) is 17.1. The fourth-order valence-corrected chi connectivity index (χ4v) is 7.60. The standard InChI is InChI=1S/C22H30N2O4S/c1-2-27-6-4-23-19(25)18-16-3-5-28-12-17(16)29-20(18)24-21(26)22-10-13-7-14(11-22)9-15(22)8-13/h13-15H,2-12H2,1H3,(H,23,25)(H,24,26). The van der Waals surface area contributed by atoms with Gasteiger partial charge in [-0.1, -0.05) is 0 Å². The van der Waals surface area contributed by atoms with Crippen LogP contribution < -0.4 is 10.6 Å². The van der Waals surface area contributed by atoms with E-state index in [2.05, 4.69) is 10.6 Å². The Hall–Kier alpha value is -1.44. The van der Waals surface area contributed by atoms with Crippen molar-refractivity contribution in [2.75, 3.05) is 31.7 Å². The van der Waals surface area contributed by atoms with Gasteiger partial charge in [0.05, 0.1) is 30.8 Å². The molecule has 1 aromatic rings. The first-order valence-electron chi connectivity index (χ1n) is 11.0. The highest BCUT2D eigenvalue weighted by molar-refractivity contribution is 7.17. The zero-order valence-corrected chi connectivity index (χ0v) is 17.9. The number of hydrogen-bond acceptors (Lipinski definition) is 5. The molecule has 0 radical (unpaired) electrons. The van der Waals surface area contributed by atoms with Gasteiger partial charge in [-0.25, -0.2) is 0 Å². The summed E-state index contributed by atoms with van der Waals surface area (Å²) in [6.45, 7) is 4.67. The van der Waals surface area contributed by atoms with Gasteiger partial charge in [-0.3, -0.25) is 9.59 Å². The van der Waals surface area contributed by atoms with Crippen LogP contribution in [0.5, 0.6) is 0 Å². The van der Waals surface area contributed by atoms with E-state index in [4.69, 9.17) is 9.47 Å². The van der Waals surface area contributed by atoms with E-state index >= 15 is 0 Å². The Morgan fingerprint density at radius 1 is 1.24 bits per heavy atom. The smallest absolute Gasteiger partial charge is 0.254 e. The van der Waals surface area contributed by atoms with E-state index in [-0.39, 0.29) is 17.2 Å². The maximum Gasteiger partial charge on any atom is 0.254 e. The topological polar surface area (TPSA) is 76.7 Å². The molecule has 158 valence electrons. The van der Waals surface area contributed by atoms with Gasteiger partial charge >= 0.3 is 0 Å². The molecule has 4 fully saturated rings. The number of fused-ring (bicyclic) bond motifs is 1. The highest BCUT2D eigenvalue weighted by Gasteiger charge is 2.61. The molecule has 0 spiro atoms. The van der Waals surface area contributed by atoms with Crippen LogP contribution in [0.3, 0.4) is 0 Å². The third-order valence-corrected chi connectivity index (χ3v) is 8.57. The minimum atomic E-state index is -0.197. The lowest BCUT2D eigenvalue weighted by atomic mass is 9.75. The molecule has 6 nitrogen and oxygen atoms in total. The van der Waals surface area contributed by atoms with Crippen LogP contribution in [-0.4, -0.2) is 38.2 Å². The van der Waals surface area contributed by atoms with Gasteiger partial charge in [0.1, 0.15) is 5.00 Å². The molecular weight excluding hydrogens is 388 g/mol. The molecule has 4 saturated carbocycles. The number of rotatable bonds is 7. The number of nitrogens with one attached hydrogen (secondary N) is 2. The van der Waals surface area contributed by atoms with Gasteiger partial charge in [-0.15, -0.1) is 11.3 Å². The SMILES string of the molecule is CCOCCNC(=O)c1c(NC(=O)C23CC4CC(CC2C4)C3)sc2c1CCOC2. The van der Waals surface area contributed by atoms with Crippen LogP contribution in [0.2, 0.25) is 0 Å². The zero-order chi connectivity index (χ0) is 20.0. The number of anilines is 1. The molecule has 5 aliphatic rings. The summed E-state index contributed by atoms with van der Waals surface area (Å²) in [7, 11) is 0. The van der Waals surface area contributed by atoms with Crippen LogP contribution in [0.15, 0.2) is 0 Å². The van der Waals surface area contributed by atoms with E-state index in [1.165, 1.54) is 30.6 Å². The summed E-state index contributed by atoms with van der Waals surface area (Å²) in [6.07, 6.45) is 6.51. The Labute approximate surface area is 175 Å². The second-order valence-electron chi connectivity index (χ2n) is 9.12. The predicted molar refractivity (Wildman–Crippen MR) is 111 cm³/mol. The molecule has 4 aliphatic carbocycles. The number of carbonyl (C=O) groups is 2. The fourth-order valence-electron chi connectivity index (χ4n) is 6.42. The highest BCUT2D eigenvalue weighted by atomic mass is 32.1. The van der Waals surface area contributed by atoms with E-state index in [0.717, 1.165) is 35.1 Å². The molecule has 2 atom stereocenters. The molecule has 1 aliphatic heterocycles. The molecule has 1 aromatic heterocycles. The van der Waals surface area contributed by atoms with Crippen molar-refractivity contribution < 1.29 is 19.1 Å². The lowest BCUT2D eigenvalue weighted by molar-refractivity contribution is -0.127. The predicted octanol–water partition coefficient (Wildman–Crippen LogP) is 3.35. The molecule has 4 bridgehead atoms. The molecule has 29 heavy (non-hydrogen) atoms. The van der Waals surface area contributed by atoms with Crippen molar-refractivity contribution in [1.82, 2.24) is 5.32 Å². The number of carbonyl (C=O) groups excluding carboxylic acids is 2. The maximum absolute atomic E-state index is 13.5. The first kappa shape index (κ1) is 19.5. The molecule has 2 unspecified atom stereocenters. The van der Waals surface area contributed by atoms with Gasteiger partial charge in [0.2, 0.25) is 5.91 Å². The normalized spacial score (nSPS) is 31.7. The van der Waals surface area contributed by atoms with Crippen molar-refractivity contribution in [2.45, 2.75) is 52.1 Å². The second kappa shape index (κ2) is 7.67. The summed E-state index contributed by atoms with van der Waals surface area (Å²) in [5.41, 5.74) is 1.49. The quantitative estimate of drug-likeness (QED) is 0.666. The summed E-state index contributed by atoms with van der Waals surface area (Å²) >= 11 is 1.51. The van der Waals surface area contributed by atoms with Crippen molar-refractivity contribution in [2.24, 2.45) is 23.2 Å². The van der Waals surface area contributed by atoms with Gasteiger partial charge in [-0.05, 0) is 68.8 Å². The van der Waals surface area contributed by atoms with Crippen LogP contribution in [0.4, 0.5) is 5.00 Å². The average Bonchev–Trinajstić information content (AvgIpc) is 3.28. The van der Waals surface area contributed by atoms with Crippen molar-refractivity contribution in [3.63, 3.8) is 0 Å². The van der Waals surface area contributed by atoms with Crippen LogP contribution in [0, 0.1) is 23.2 Å².